The van der Waals surface area contributed by atoms with Crippen LogP contribution < -0.4 is 5.73 Å². The molecule has 17 heavy (non-hydrogen) atoms. The largest absolute Gasteiger partial charge is 0.330 e. The minimum atomic E-state index is -2.98. The number of rotatable bonds is 5. The lowest BCUT2D eigenvalue weighted by atomic mass is 9.89. The first kappa shape index (κ1) is 15.3. The highest BCUT2D eigenvalue weighted by atomic mass is 32.2. The highest BCUT2D eigenvalue weighted by Gasteiger charge is 2.31. The van der Waals surface area contributed by atoms with Gasteiger partial charge in [0.1, 0.15) is 5.37 Å². The third-order valence-corrected chi connectivity index (χ3v) is 6.00. The van der Waals surface area contributed by atoms with Gasteiger partial charge in [0.15, 0.2) is 9.84 Å². The van der Waals surface area contributed by atoms with Crippen molar-refractivity contribution in [3.63, 3.8) is 0 Å². The second-order valence-corrected chi connectivity index (χ2v) is 8.87. The van der Waals surface area contributed by atoms with E-state index in [1.165, 1.54) is 6.26 Å². The summed E-state index contributed by atoms with van der Waals surface area (Å²) < 4.78 is 23.4. The van der Waals surface area contributed by atoms with Gasteiger partial charge in [0.05, 0.1) is 0 Å². The first-order valence-corrected chi connectivity index (χ1v) is 9.08. The van der Waals surface area contributed by atoms with Crippen LogP contribution in [-0.2, 0) is 9.84 Å². The van der Waals surface area contributed by atoms with E-state index in [0.29, 0.717) is 12.3 Å². The van der Waals surface area contributed by atoms with E-state index in [1.807, 2.05) is 0 Å². The molecular weight excluding hydrogens is 256 g/mol. The Kier molecular flexibility index (Phi) is 5.31. The average molecular weight is 280 g/mol. The molecule has 1 atom stereocenters. The molecule has 1 saturated heterocycles. The summed E-state index contributed by atoms with van der Waals surface area (Å²) in [6.07, 6.45) is 2.28. The molecule has 1 aliphatic heterocycles. The van der Waals surface area contributed by atoms with Crippen LogP contribution in [0.25, 0.3) is 0 Å². The van der Waals surface area contributed by atoms with Crippen LogP contribution in [0.4, 0.5) is 0 Å². The standard InChI is InChI=1S/C11H24N2O2S2/c1-11(2,9-12)4-5-13-6-7-16-8-10(13)17(3,14)15/h10H,4-9,12H2,1-3H3. The topological polar surface area (TPSA) is 63.4 Å². The molecule has 0 spiro atoms. The molecule has 6 heteroatoms. The van der Waals surface area contributed by atoms with Crippen molar-refractivity contribution in [2.24, 2.45) is 11.1 Å². The molecule has 0 aromatic carbocycles. The lowest BCUT2D eigenvalue weighted by molar-refractivity contribution is 0.218. The Morgan fingerprint density at radius 2 is 2.12 bits per heavy atom. The Hall–Kier alpha value is 0.220. The molecule has 1 fully saturated rings. The highest BCUT2D eigenvalue weighted by Crippen LogP contribution is 2.24. The van der Waals surface area contributed by atoms with Gasteiger partial charge in [-0.25, -0.2) is 8.42 Å². The van der Waals surface area contributed by atoms with E-state index in [0.717, 1.165) is 25.3 Å². The van der Waals surface area contributed by atoms with Gasteiger partial charge in [-0.05, 0) is 24.9 Å². The van der Waals surface area contributed by atoms with Crippen molar-refractivity contribution >= 4 is 21.6 Å². The first-order chi connectivity index (χ1) is 7.76. The lowest BCUT2D eigenvalue weighted by Crippen LogP contribution is -2.48. The van der Waals surface area contributed by atoms with Gasteiger partial charge in [-0.1, -0.05) is 13.8 Å². The third-order valence-electron chi connectivity index (χ3n) is 3.31. The molecule has 2 N–H and O–H groups in total. The average Bonchev–Trinajstić information content (AvgIpc) is 2.26. The molecule has 0 bridgehead atoms. The zero-order valence-electron chi connectivity index (χ0n) is 11.0. The molecule has 0 amide bonds. The summed E-state index contributed by atoms with van der Waals surface area (Å²) in [6, 6.07) is 0. The van der Waals surface area contributed by atoms with Crippen molar-refractivity contribution in [3.05, 3.63) is 0 Å². The molecule has 0 radical (unpaired) electrons. The molecule has 1 aliphatic rings. The van der Waals surface area contributed by atoms with Gasteiger partial charge in [0.2, 0.25) is 0 Å². The number of hydrogen-bond donors (Lipinski definition) is 1. The number of thioether (sulfide) groups is 1. The van der Waals surface area contributed by atoms with Gasteiger partial charge in [-0.15, -0.1) is 0 Å². The van der Waals surface area contributed by atoms with Crippen LogP contribution in [0.5, 0.6) is 0 Å². The monoisotopic (exact) mass is 280 g/mol. The van der Waals surface area contributed by atoms with Gasteiger partial charge in [0.25, 0.3) is 0 Å². The van der Waals surface area contributed by atoms with Gasteiger partial charge < -0.3 is 5.73 Å². The summed E-state index contributed by atoms with van der Waals surface area (Å²) in [7, 11) is -2.98. The van der Waals surface area contributed by atoms with E-state index >= 15 is 0 Å². The van der Waals surface area contributed by atoms with Crippen molar-refractivity contribution in [3.8, 4) is 0 Å². The maximum atomic E-state index is 11.7. The van der Waals surface area contributed by atoms with Crippen molar-refractivity contribution in [2.45, 2.75) is 25.6 Å². The van der Waals surface area contributed by atoms with Gasteiger partial charge in [0, 0.05) is 24.3 Å². The lowest BCUT2D eigenvalue weighted by Gasteiger charge is -2.36. The molecule has 0 aromatic rings. The molecule has 0 saturated carbocycles. The zero-order chi connectivity index (χ0) is 13.1. The first-order valence-electron chi connectivity index (χ1n) is 5.97. The molecule has 4 nitrogen and oxygen atoms in total. The second-order valence-electron chi connectivity index (χ2n) is 5.51. The van der Waals surface area contributed by atoms with Gasteiger partial charge in [-0.2, -0.15) is 11.8 Å². The van der Waals surface area contributed by atoms with E-state index < -0.39 is 9.84 Å². The summed E-state index contributed by atoms with van der Waals surface area (Å²) in [5.41, 5.74) is 5.79. The molecular formula is C11H24N2O2S2. The Morgan fingerprint density at radius 3 is 2.65 bits per heavy atom. The summed E-state index contributed by atoms with van der Waals surface area (Å²) >= 11 is 1.73. The minimum absolute atomic E-state index is 0.0899. The van der Waals surface area contributed by atoms with Crippen molar-refractivity contribution in [1.29, 1.82) is 0 Å². The Balaban J connectivity index is 2.61. The Labute approximate surface area is 109 Å². The summed E-state index contributed by atoms with van der Waals surface area (Å²) in [5, 5.41) is -0.310. The summed E-state index contributed by atoms with van der Waals surface area (Å²) in [4.78, 5) is 2.10. The van der Waals surface area contributed by atoms with Gasteiger partial charge >= 0.3 is 0 Å². The molecule has 0 aliphatic carbocycles. The fourth-order valence-electron chi connectivity index (χ4n) is 1.81. The highest BCUT2D eigenvalue weighted by molar-refractivity contribution is 8.00. The van der Waals surface area contributed by atoms with E-state index in [1.54, 1.807) is 11.8 Å². The molecule has 0 aromatic heterocycles. The van der Waals surface area contributed by atoms with Crippen LogP contribution >= 0.6 is 11.8 Å². The minimum Gasteiger partial charge on any atom is -0.330 e. The quantitative estimate of drug-likeness (QED) is 0.806. The number of nitrogens with two attached hydrogens (primary N) is 1. The third kappa shape index (κ3) is 4.77. The van der Waals surface area contributed by atoms with Crippen LogP contribution in [-0.4, -0.2) is 56.1 Å². The van der Waals surface area contributed by atoms with E-state index in [2.05, 4.69) is 18.7 Å². The van der Waals surface area contributed by atoms with Crippen molar-refractivity contribution in [2.75, 3.05) is 37.4 Å². The normalized spacial score (nSPS) is 23.9. The Bertz CT molecular complexity index is 341. The smallest absolute Gasteiger partial charge is 0.164 e. The van der Waals surface area contributed by atoms with E-state index in [4.69, 9.17) is 5.73 Å². The molecule has 1 heterocycles. The van der Waals surface area contributed by atoms with Crippen LogP contribution in [0.2, 0.25) is 0 Å². The maximum absolute atomic E-state index is 11.7. The van der Waals surface area contributed by atoms with Crippen LogP contribution in [0.15, 0.2) is 0 Å². The van der Waals surface area contributed by atoms with Crippen LogP contribution in [0, 0.1) is 5.41 Å². The number of hydrogen-bond acceptors (Lipinski definition) is 5. The number of sulfone groups is 1. The van der Waals surface area contributed by atoms with Crippen LogP contribution in [0.3, 0.4) is 0 Å². The van der Waals surface area contributed by atoms with Crippen LogP contribution in [0.1, 0.15) is 20.3 Å². The van der Waals surface area contributed by atoms with Gasteiger partial charge in [-0.3, -0.25) is 4.90 Å². The SMILES string of the molecule is CC(C)(CN)CCN1CCSCC1S(C)(=O)=O. The predicted octanol–water partition coefficient (Wildman–Crippen LogP) is 0.781. The fourth-order valence-corrected chi connectivity index (χ4v) is 4.79. The summed E-state index contributed by atoms with van der Waals surface area (Å²) in [5.74, 6) is 1.72. The van der Waals surface area contributed by atoms with Crippen molar-refractivity contribution < 1.29 is 8.42 Å². The van der Waals surface area contributed by atoms with E-state index in [-0.39, 0.29) is 10.8 Å². The second kappa shape index (κ2) is 5.91. The Morgan fingerprint density at radius 1 is 1.47 bits per heavy atom. The molecule has 102 valence electrons. The van der Waals surface area contributed by atoms with Crippen molar-refractivity contribution in [1.82, 2.24) is 4.90 Å². The fraction of sp³-hybridized carbons (Fsp3) is 1.00. The zero-order valence-corrected chi connectivity index (χ0v) is 12.6. The maximum Gasteiger partial charge on any atom is 0.164 e. The predicted molar refractivity (Wildman–Crippen MR) is 75.0 cm³/mol. The number of nitrogens with zero attached hydrogens (tertiary/aromatic N) is 1. The van der Waals surface area contributed by atoms with E-state index in [9.17, 15) is 8.42 Å². The summed E-state index contributed by atoms with van der Waals surface area (Å²) in [6.45, 7) is 6.58. The molecule has 1 rings (SSSR count). The molecule has 1 unspecified atom stereocenters.